The van der Waals surface area contributed by atoms with Crippen molar-refractivity contribution in [2.75, 3.05) is 0 Å². The molecule has 0 amide bonds. The summed E-state index contributed by atoms with van der Waals surface area (Å²) in [5, 5.41) is 5.79. The summed E-state index contributed by atoms with van der Waals surface area (Å²) in [6.07, 6.45) is 3.58. The van der Waals surface area contributed by atoms with Crippen LogP contribution in [0.5, 0.6) is 0 Å². The van der Waals surface area contributed by atoms with Crippen molar-refractivity contribution in [3.8, 4) is 11.4 Å². The van der Waals surface area contributed by atoms with Crippen LogP contribution in [0.15, 0.2) is 24.3 Å². The van der Waals surface area contributed by atoms with E-state index < -0.39 is 0 Å². The number of aryl methyl sites for hydroxylation is 2. The number of aromatic nitrogens is 4. The third-order valence-electron chi connectivity index (χ3n) is 5.04. The van der Waals surface area contributed by atoms with E-state index in [1.165, 1.54) is 35.4 Å². The van der Waals surface area contributed by atoms with Crippen LogP contribution in [0.25, 0.3) is 27.3 Å². The lowest BCUT2D eigenvalue weighted by Gasteiger charge is -2.18. The molecule has 6 heteroatoms. The van der Waals surface area contributed by atoms with Crippen molar-refractivity contribution >= 4 is 27.2 Å². The summed E-state index contributed by atoms with van der Waals surface area (Å²) in [5.74, 6) is 1.71. The number of thiophene rings is 1. The van der Waals surface area contributed by atoms with Gasteiger partial charge in [-0.05, 0) is 61.9 Å². The maximum absolute atomic E-state index is 13.2. The third kappa shape index (κ3) is 2.20. The summed E-state index contributed by atoms with van der Waals surface area (Å²) >= 11 is 1.80. The standard InChI is InChI=1S/C19H17FN4S/c1-10-4-3-5-14-15(10)16-18-22-17(12-6-8-13(20)9-7-12)23-24(18)11(2)21-19(16)25-14/h6-10H,3-5H2,1-2H3. The highest BCUT2D eigenvalue weighted by Gasteiger charge is 2.26. The Balaban J connectivity index is 1.82. The van der Waals surface area contributed by atoms with Crippen LogP contribution in [0, 0.1) is 12.7 Å². The number of hydrogen-bond donors (Lipinski definition) is 0. The molecule has 5 rings (SSSR count). The third-order valence-corrected chi connectivity index (χ3v) is 6.20. The zero-order valence-corrected chi connectivity index (χ0v) is 14.9. The van der Waals surface area contributed by atoms with Gasteiger partial charge in [0.25, 0.3) is 0 Å². The summed E-state index contributed by atoms with van der Waals surface area (Å²) in [6, 6.07) is 6.32. The molecule has 1 atom stereocenters. The van der Waals surface area contributed by atoms with Gasteiger partial charge in [-0.3, -0.25) is 0 Å². The molecule has 0 fully saturated rings. The lowest BCUT2D eigenvalue weighted by Crippen LogP contribution is -2.05. The van der Waals surface area contributed by atoms with Crippen LogP contribution in [0.2, 0.25) is 0 Å². The molecule has 0 aliphatic heterocycles. The predicted octanol–water partition coefficient (Wildman–Crippen LogP) is 4.89. The average Bonchev–Trinajstić information content (AvgIpc) is 3.17. The molecule has 1 aromatic carbocycles. The fourth-order valence-corrected chi connectivity index (χ4v) is 5.18. The van der Waals surface area contributed by atoms with Crippen molar-refractivity contribution < 1.29 is 4.39 Å². The quantitative estimate of drug-likeness (QED) is 0.490. The number of hydrogen-bond acceptors (Lipinski definition) is 4. The molecule has 4 aromatic rings. The first-order chi connectivity index (χ1) is 12.1. The van der Waals surface area contributed by atoms with Crippen LogP contribution in [0.1, 0.15) is 41.9 Å². The van der Waals surface area contributed by atoms with Gasteiger partial charge in [0.2, 0.25) is 0 Å². The second-order valence-electron chi connectivity index (χ2n) is 6.75. The van der Waals surface area contributed by atoms with Crippen molar-refractivity contribution in [1.82, 2.24) is 19.6 Å². The summed E-state index contributed by atoms with van der Waals surface area (Å²) in [5.41, 5.74) is 3.09. The van der Waals surface area contributed by atoms with Gasteiger partial charge in [0.05, 0.1) is 5.39 Å². The Hall–Kier alpha value is -2.34. The first-order valence-electron chi connectivity index (χ1n) is 8.56. The van der Waals surface area contributed by atoms with Crippen LogP contribution >= 0.6 is 11.3 Å². The molecule has 0 N–H and O–H groups in total. The van der Waals surface area contributed by atoms with Crippen LogP contribution in [-0.2, 0) is 6.42 Å². The first-order valence-corrected chi connectivity index (χ1v) is 9.38. The minimum absolute atomic E-state index is 0.256. The molecule has 3 heterocycles. The Labute approximate surface area is 148 Å². The maximum Gasteiger partial charge on any atom is 0.182 e. The van der Waals surface area contributed by atoms with E-state index >= 15 is 0 Å². The number of rotatable bonds is 1. The molecule has 126 valence electrons. The van der Waals surface area contributed by atoms with Crippen LogP contribution in [0.4, 0.5) is 4.39 Å². The Bertz CT molecular complexity index is 1110. The van der Waals surface area contributed by atoms with Gasteiger partial charge >= 0.3 is 0 Å². The Morgan fingerprint density at radius 1 is 1.20 bits per heavy atom. The van der Waals surface area contributed by atoms with Crippen LogP contribution < -0.4 is 0 Å². The first kappa shape index (κ1) is 15.0. The molecular weight excluding hydrogens is 335 g/mol. The molecule has 25 heavy (non-hydrogen) atoms. The Morgan fingerprint density at radius 3 is 2.80 bits per heavy atom. The largest absolute Gasteiger partial charge is 0.222 e. The second kappa shape index (κ2) is 5.33. The zero-order chi connectivity index (χ0) is 17.1. The molecule has 0 radical (unpaired) electrons. The molecule has 1 aliphatic rings. The Morgan fingerprint density at radius 2 is 2.00 bits per heavy atom. The minimum Gasteiger partial charge on any atom is -0.222 e. The fourth-order valence-electron chi connectivity index (χ4n) is 3.81. The van der Waals surface area contributed by atoms with E-state index in [0.717, 1.165) is 33.7 Å². The topological polar surface area (TPSA) is 43.1 Å². The van der Waals surface area contributed by atoms with E-state index in [4.69, 9.17) is 9.97 Å². The molecule has 0 saturated heterocycles. The SMILES string of the molecule is Cc1nc2sc3c(c2c2nc(-c4ccc(F)cc4)nn12)C(C)CCC3. The van der Waals surface area contributed by atoms with E-state index in [-0.39, 0.29) is 5.82 Å². The molecule has 0 saturated carbocycles. The second-order valence-corrected chi connectivity index (χ2v) is 7.83. The van der Waals surface area contributed by atoms with Gasteiger partial charge in [-0.25, -0.2) is 14.4 Å². The van der Waals surface area contributed by atoms with Gasteiger partial charge in [-0.2, -0.15) is 4.52 Å². The Kier molecular flexibility index (Phi) is 3.19. The summed E-state index contributed by atoms with van der Waals surface area (Å²) in [4.78, 5) is 12.1. The van der Waals surface area contributed by atoms with E-state index in [1.54, 1.807) is 23.5 Å². The molecule has 3 aromatic heterocycles. The summed E-state index contributed by atoms with van der Waals surface area (Å²) < 4.78 is 15.0. The van der Waals surface area contributed by atoms with E-state index in [0.29, 0.717) is 11.7 Å². The van der Waals surface area contributed by atoms with Crippen LogP contribution in [-0.4, -0.2) is 19.6 Å². The van der Waals surface area contributed by atoms with Crippen LogP contribution in [0.3, 0.4) is 0 Å². The summed E-state index contributed by atoms with van der Waals surface area (Å²) in [7, 11) is 0. The predicted molar refractivity (Wildman–Crippen MR) is 97.6 cm³/mol. The molecule has 1 aliphatic carbocycles. The maximum atomic E-state index is 13.2. The van der Waals surface area contributed by atoms with Crippen molar-refractivity contribution in [2.24, 2.45) is 0 Å². The average molecular weight is 352 g/mol. The monoisotopic (exact) mass is 352 g/mol. The normalized spacial score (nSPS) is 17.3. The zero-order valence-electron chi connectivity index (χ0n) is 14.1. The number of benzene rings is 1. The number of halogens is 1. The molecule has 1 unspecified atom stereocenters. The van der Waals surface area contributed by atoms with Crippen molar-refractivity contribution in [2.45, 2.75) is 39.0 Å². The van der Waals surface area contributed by atoms with Crippen molar-refractivity contribution in [3.63, 3.8) is 0 Å². The van der Waals surface area contributed by atoms with E-state index in [2.05, 4.69) is 12.0 Å². The lowest BCUT2D eigenvalue weighted by molar-refractivity contribution is 0.602. The fraction of sp³-hybridized carbons (Fsp3) is 0.316. The molecule has 0 spiro atoms. The van der Waals surface area contributed by atoms with Gasteiger partial charge in [0.15, 0.2) is 11.5 Å². The van der Waals surface area contributed by atoms with Gasteiger partial charge in [0.1, 0.15) is 16.5 Å². The van der Waals surface area contributed by atoms with Crippen molar-refractivity contribution in [3.05, 3.63) is 46.3 Å². The molecule has 4 nitrogen and oxygen atoms in total. The highest BCUT2D eigenvalue weighted by Crippen LogP contribution is 2.43. The van der Waals surface area contributed by atoms with Gasteiger partial charge in [-0.1, -0.05) is 6.92 Å². The highest BCUT2D eigenvalue weighted by atomic mass is 32.1. The number of nitrogens with zero attached hydrogens (tertiary/aromatic N) is 4. The molecule has 0 bridgehead atoms. The van der Waals surface area contributed by atoms with Gasteiger partial charge in [-0.15, -0.1) is 16.4 Å². The summed E-state index contributed by atoms with van der Waals surface area (Å²) in [6.45, 7) is 4.25. The minimum atomic E-state index is -0.256. The highest BCUT2D eigenvalue weighted by molar-refractivity contribution is 7.19. The van der Waals surface area contributed by atoms with E-state index in [1.807, 2.05) is 11.4 Å². The van der Waals surface area contributed by atoms with E-state index in [9.17, 15) is 4.39 Å². The van der Waals surface area contributed by atoms with Gasteiger partial charge in [0, 0.05) is 10.4 Å². The number of fused-ring (bicyclic) bond motifs is 5. The van der Waals surface area contributed by atoms with Crippen molar-refractivity contribution in [1.29, 1.82) is 0 Å². The smallest absolute Gasteiger partial charge is 0.182 e. The van der Waals surface area contributed by atoms with Gasteiger partial charge < -0.3 is 0 Å². The molecular formula is C19H17FN4S. The lowest BCUT2D eigenvalue weighted by atomic mass is 9.87.